The summed E-state index contributed by atoms with van der Waals surface area (Å²) in [6, 6.07) is 7.82. The summed E-state index contributed by atoms with van der Waals surface area (Å²) in [6.45, 7) is 5.18. The van der Waals surface area contributed by atoms with Crippen LogP contribution in [0.25, 0.3) is 0 Å². The number of hydrogen-bond acceptors (Lipinski definition) is 4. The normalized spacial score (nSPS) is 22.6. The SMILES string of the molecule is CCN1CC[C@H]2c3cc(S(=O)(=O)c4cc(F)cc(F)c4)ccc3N(C)[C@H]2CC1. The number of hydrogen-bond donors (Lipinski definition) is 0. The lowest BCUT2D eigenvalue weighted by Crippen LogP contribution is -2.31. The Bertz CT molecular complexity index is 989. The molecule has 0 N–H and O–H groups in total. The van der Waals surface area contributed by atoms with Crippen molar-refractivity contribution in [2.24, 2.45) is 0 Å². The van der Waals surface area contributed by atoms with Gasteiger partial charge in [-0.1, -0.05) is 6.92 Å². The first-order valence-corrected chi connectivity index (χ1v) is 11.1. The molecule has 2 aliphatic heterocycles. The van der Waals surface area contributed by atoms with E-state index in [1.54, 1.807) is 6.07 Å². The van der Waals surface area contributed by atoms with E-state index >= 15 is 0 Å². The molecule has 1 saturated heterocycles. The minimum atomic E-state index is -3.99. The third-order valence-corrected chi connectivity index (χ3v) is 7.87. The molecule has 0 amide bonds. The minimum absolute atomic E-state index is 0.0851. The monoisotopic (exact) mass is 406 g/mol. The van der Waals surface area contributed by atoms with Gasteiger partial charge in [0.1, 0.15) is 11.6 Å². The van der Waals surface area contributed by atoms with Crippen LogP contribution in [0.1, 0.15) is 31.2 Å². The Morgan fingerprint density at radius 1 is 1.00 bits per heavy atom. The van der Waals surface area contributed by atoms with E-state index in [-0.39, 0.29) is 15.7 Å². The molecule has 2 aromatic carbocycles. The summed E-state index contributed by atoms with van der Waals surface area (Å²) < 4.78 is 53.1. The third-order valence-electron chi connectivity index (χ3n) is 6.14. The van der Waals surface area contributed by atoms with Crippen molar-refractivity contribution in [3.8, 4) is 0 Å². The Morgan fingerprint density at radius 2 is 1.68 bits per heavy atom. The maximum Gasteiger partial charge on any atom is 0.206 e. The summed E-state index contributed by atoms with van der Waals surface area (Å²) in [4.78, 5) is 4.40. The summed E-state index contributed by atoms with van der Waals surface area (Å²) in [7, 11) is -1.94. The van der Waals surface area contributed by atoms with E-state index < -0.39 is 21.5 Å². The molecule has 2 heterocycles. The Hall–Kier alpha value is -1.99. The highest BCUT2D eigenvalue weighted by molar-refractivity contribution is 7.91. The molecule has 150 valence electrons. The standard InChI is InChI=1S/C21H24F2N2O2S/c1-3-25-8-6-18-19-13-16(4-5-20(19)24(2)21(18)7-9-25)28(26,27)17-11-14(22)10-15(23)12-17/h4-5,10-13,18,21H,3,6-9H2,1-2H3/t18-,21-/m0/s1. The van der Waals surface area contributed by atoms with Crippen LogP contribution in [-0.4, -0.2) is 46.0 Å². The second-order valence-electron chi connectivity index (χ2n) is 7.63. The Balaban J connectivity index is 1.74. The van der Waals surface area contributed by atoms with Crippen LogP contribution in [-0.2, 0) is 9.84 Å². The van der Waals surface area contributed by atoms with Crippen molar-refractivity contribution < 1.29 is 17.2 Å². The molecule has 0 unspecified atom stereocenters. The van der Waals surface area contributed by atoms with Gasteiger partial charge in [-0.15, -0.1) is 0 Å². The third kappa shape index (κ3) is 3.20. The zero-order chi connectivity index (χ0) is 20.1. The summed E-state index contributed by atoms with van der Waals surface area (Å²) in [5, 5.41) is 0. The fourth-order valence-corrected chi connectivity index (χ4v) is 5.94. The quantitative estimate of drug-likeness (QED) is 0.777. The molecule has 0 radical (unpaired) electrons. The van der Waals surface area contributed by atoms with Gasteiger partial charge in [0.05, 0.1) is 9.79 Å². The minimum Gasteiger partial charge on any atom is -0.371 e. The first-order valence-electron chi connectivity index (χ1n) is 9.61. The second kappa shape index (κ2) is 7.12. The van der Waals surface area contributed by atoms with Gasteiger partial charge < -0.3 is 9.80 Å². The largest absolute Gasteiger partial charge is 0.371 e. The van der Waals surface area contributed by atoms with Crippen LogP contribution in [0.4, 0.5) is 14.5 Å². The zero-order valence-electron chi connectivity index (χ0n) is 16.0. The van der Waals surface area contributed by atoms with E-state index in [9.17, 15) is 17.2 Å². The van der Waals surface area contributed by atoms with Crippen molar-refractivity contribution in [1.29, 1.82) is 0 Å². The predicted molar refractivity (Wildman–Crippen MR) is 105 cm³/mol. The van der Waals surface area contributed by atoms with Crippen LogP contribution in [0.15, 0.2) is 46.2 Å². The summed E-state index contributed by atoms with van der Waals surface area (Å²) in [6.07, 6.45) is 1.99. The van der Waals surface area contributed by atoms with Crippen molar-refractivity contribution in [2.45, 2.75) is 41.5 Å². The van der Waals surface area contributed by atoms with Gasteiger partial charge in [0.2, 0.25) is 9.84 Å². The van der Waals surface area contributed by atoms with Gasteiger partial charge in [-0.25, -0.2) is 17.2 Å². The molecule has 2 aliphatic rings. The van der Waals surface area contributed by atoms with Gasteiger partial charge >= 0.3 is 0 Å². The van der Waals surface area contributed by atoms with Gasteiger partial charge in [-0.2, -0.15) is 0 Å². The van der Waals surface area contributed by atoms with Crippen molar-refractivity contribution in [1.82, 2.24) is 4.90 Å². The highest BCUT2D eigenvalue weighted by Crippen LogP contribution is 2.45. The number of halogens is 2. The molecule has 2 aromatic rings. The number of fused-ring (bicyclic) bond motifs is 3. The molecule has 0 aliphatic carbocycles. The summed E-state index contributed by atoms with van der Waals surface area (Å²) in [5.74, 6) is -1.54. The van der Waals surface area contributed by atoms with Crippen molar-refractivity contribution >= 4 is 15.5 Å². The number of rotatable bonds is 3. The fourth-order valence-electron chi connectivity index (χ4n) is 4.60. The first kappa shape index (κ1) is 19.3. The van der Waals surface area contributed by atoms with Crippen LogP contribution in [0.3, 0.4) is 0 Å². The smallest absolute Gasteiger partial charge is 0.206 e. The molecule has 0 saturated carbocycles. The first-order chi connectivity index (χ1) is 13.3. The van der Waals surface area contributed by atoms with Crippen molar-refractivity contribution in [3.05, 3.63) is 53.6 Å². The molecule has 4 rings (SSSR count). The number of likely N-dealkylation sites (tertiary alicyclic amines) is 1. The number of nitrogens with zero attached hydrogens (tertiary/aromatic N) is 2. The molecule has 1 fully saturated rings. The highest BCUT2D eigenvalue weighted by Gasteiger charge is 2.38. The van der Waals surface area contributed by atoms with E-state index in [1.807, 2.05) is 6.07 Å². The molecule has 2 atom stereocenters. The predicted octanol–water partition coefficient (Wildman–Crippen LogP) is 3.82. The number of likely N-dealkylation sites (N-methyl/N-ethyl adjacent to an activating group) is 1. The Morgan fingerprint density at radius 3 is 2.36 bits per heavy atom. The molecule has 28 heavy (non-hydrogen) atoms. The summed E-state index contributed by atoms with van der Waals surface area (Å²) in [5.41, 5.74) is 2.06. The average molecular weight is 406 g/mol. The van der Waals surface area contributed by atoms with Crippen molar-refractivity contribution in [2.75, 3.05) is 31.6 Å². The van der Waals surface area contributed by atoms with E-state index in [0.29, 0.717) is 12.1 Å². The van der Waals surface area contributed by atoms with E-state index in [2.05, 4.69) is 23.8 Å². The second-order valence-corrected chi connectivity index (χ2v) is 9.58. The van der Waals surface area contributed by atoms with Crippen LogP contribution < -0.4 is 4.90 Å². The van der Waals surface area contributed by atoms with Crippen LogP contribution in [0.5, 0.6) is 0 Å². The fraction of sp³-hybridized carbons (Fsp3) is 0.429. The zero-order valence-corrected chi connectivity index (χ0v) is 16.8. The van der Waals surface area contributed by atoms with Gasteiger partial charge in [0.15, 0.2) is 0 Å². The molecule has 7 heteroatoms. The molecular weight excluding hydrogens is 382 g/mol. The number of benzene rings is 2. The lowest BCUT2D eigenvalue weighted by Gasteiger charge is -2.25. The van der Waals surface area contributed by atoms with Crippen LogP contribution in [0.2, 0.25) is 0 Å². The highest BCUT2D eigenvalue weighted by atomic mass is 32.2. The van der Waals surface area contributed by atoms with E-state index in [1.165, 1.54) is 6.07 Å². The van der Waals surface area contributed by atoms with E-state index in [0.717, 1.165) is 55.9 Å². The lowest BCUT2D eigenvalue weighted by molar-refractivity contribution is 0.298. The van der Waals surface area contributed by atoms with Gasteiger partial charge in [0.25, 0.3) is 0 Å². The van der Waals surface area contributed by atoms with Crippen LogP contribution >= 0.6 is 0 Å². The summed E-state index contributed by atoms with van der Waals surface area (Å²) >= 11 is 0. The lowest BCUT2D eigenvalue weighted by atomic mass is 9.91. The number of anilines is 1. The Labute approximate surface area is 164 Å². The molecule has 0 spiro atoms. The maximum atomic E-state index is 13.6. The molecule has 4 nitrogen and oxygen atoms in total. The topological polar surface area (TPSA) is 40.6 Å². The van der Waals surface area contributed by atoms with Gasteiger partial charge in [-0.3, -0.25) is 0 Å². The molecular formula is C21H24F2N2O2S. The molecule has 0 aromatic heterocycles. The van der Waals surface area contributed by atoms with Gasteiger partial charge in [-0.05, 0) is 61.8 Å². The molecule has 0 bridgehead atoms. The Kier molecular flexibility index (Phi) is 4.91. The number of sulfone groups is 1. The van der Waals surface area contributed by atoms with Gasteiger partial charge in [0, 0.05) is 37.3 Å². The van der Waals surface area contributed by atoms with Crippen LogP contribution in [0, 0.1) is 11.6 Å². The van der Waals surface area contributed by atoms with Crippen molar-refractivity contribution in [3.63, 3.8) is 0 Å². The maximum absolute atomic E-state index is 13.6. The average Bonchev–Trinajstić information content (AvgIpc) is 2.81. The van der Waals surface area contributed by atoms with E-state index in [4.69, 9.17) is 0 Å².